The average molecular weight is 334 g/mol. The predicted molar refractivity (Wildman–Crippen MR) is 88.6 cm³/mol. The van der Waals surface area contributed by atoms with Gasteiger partial charge in [0, 0.05) is 49.2 Å². The van der Waals surface area contributed by atoms with Gasteiger partial charge in [0.05, 0.1) is 12.0 Å². The van der Waals surface area contributed by atoms with Gasteiger partial charge >= 0.3 is 0 Å². The summed E-state index contributed by atoms with van der Waals surface area (Å²) < 4.78 is 7.23. The van der Waals surface area contributed by atoms with Crippen molar-refractivity contribution < 1.29 is 9.53 Å². The van der Waals surface area contributed by atoms with Gasteiger partial charge in [-0.25, -0.2) is 4.98 Å². The van der Waals surface area contributed by atoms with Gasteiger partial charge in [0.2, 0.25) is 5.91 Å². The second kappa shape index (κ2) is 7.62. The molecule has 1 amide bonds. The minimum atomic E-state index is 0.0494. The number of nitrogens with zero attached hydrogens (tertiary/aromatic N) is 2. The second-order valence-electron chi connectivity index (χ2n) is 5.75. The fraction of sp³-hybridized carbons (Fsp3) is 0.412. The maximum atomic E-state index is 12.1. The van der Waals surface area contributed by atoms with Gasteiger partial charge in [0.25, 0.3) is 0 Å². The van der Waals surface area contributed by atoms with Crippen molar-refractivity contribution in [3.63, 3.8) is 0 Å². The molecule has 0 radical (unpaired) electrons. The van der Waals surface area contributed by atoms with Gasteiger partial charge in [-0.2, -0.15) is 0 Å². The fourth-order valence-electron chi connectivity index (χ4n) is 2.79. The highest BCUT2D eigenvalue weighted by atomic mass is 35.5. The molecule has 3 rings (SSSR count). The van der Waals surface area contributed by atoms with Crippen molar-refractivity contribution >= 4 is 17.5 Å². The molecule has 2 aromatic rings. The van der Waals surface area contributed by atoms with Gasteiger partial charge < -0.3 is 14.6 Å². The monoisotopic (exact) mass is 333 g/mol. The standard InChI is InChI=1S/C17H20ClN3O2/c18-15-2-1-3-16(21-8-7-19-12-21)14(15)10-20-17(22)5-4-13-6-9-23-11-13/h1-3,7-8,12-13H,4-6,9-11H2,(H,20,22)/t13-/m0/s1. The second-order valence-corrected chi connectivity index (χ2v) is 6.16. The van der Waals surface area contributed by atoms with E-state index in [1.807, 2.05) is 29.0 Å². The van der Waals surface area contributed by atoms with Crippen LogP contribution in [0.15, 0.2) is 36.9 Å². The molecular weight excluding hydrogens is 314 g/mol. The lowest BCUT2D eigenvalue weighted by Gasteiger charge is -2.13. The largest absolute Gasteiger partial charge is 0.381 e. The van der Waals surface area contributed by atoms with Crippen molar-refractivity contribution in [2.45, 2.75) is 25.8 Å². The smallest absolute Gasteiger partial charge is 0.220 e. The SMILES string of the molecule is O=C(CC[C@H]1CCOC1)NCc1c(Cl)cccc1-n1ccnc1. The predicted octanol–water partition coefficient (Wildman–Crippen LogP) is 2.96. The summed E-state index contributed by atoms with van der Waals surface area (Å²) in [6.45, 7) is 2.01. The minimum Gasteiger partial charge on any atom is -0.381 e. The van der Waals surface area contributed by atoms with Crippen LogP contribution in [-0.2, 0) is 16.1 Å². The number of aromatic nitrogens is 2. The van der Waals surface area contributed by atoms with E-state index in [1.54, 1.807) is 12.5 Å². The summed E-state index contributed by atoms with van der Waals surface area (Å²) >= 11 is 6.31. The van der Waals surface area contributed by atoms with Crippen molar-refractivity contribution in [2.75, 3.05) is 13.2 Å². The number of amides is 1. The summed E-state index contributed by atoms with van der Waals surface area (Å²) in [7, 11) is 0. The molecule has 1 aliphatic rings. The van der Waals surface area contributed by atoms with Crippen LogP contribution in [0, 0.1) is 5.92 Å². The Labute approximate surface area is 140 Å². The molecule has 1 atom stereocenters. The molecule has 0 spiro atoms. The van der Waals surface area contributed by atoms with E-state index in [0.717, 1.165) is 37.3 Å². The molecule has 1 saturated heterocycles. The van der Waals surface area contributed by atoms with Crippen LogP contribution in [0.1, 0.15) is 24.8 Å². The van der Waals surface area contributed by atoms with Crippen LogP contribution in [0.3, 0.4) is 0 Å². The highest BCUT2D eigenvalue weighted by Crippen LogP contribution is 2.23. The molecule has 0 unspecified atom stereocenters. The first kappa shape index (κ1) is 16.0. The van der Waals surface area contributed by atoms with Gasteiger partial charge in [-0.15, -0.1) is 0 Å². The molecule has 1 aromatic carbocycles. The lowest BCUT2D eigenvalue weighted by atomic mass is 10.0. The van der Waals surface area contributed by atoms with Crippen LogP contribution >= 0.6 is 11.6 Å². The number of hydrogen-bond donors (Lipinski definition) is 1. The molecular formula is C17H20ClN3O2. The molecule has 122 valence electrons. The topological polar surface area (TPSA) is 56.1 Å². The van der Waals surface area contributed by atoms with Crippen LogP contribution in [-0.4, -0.2) is 28.7 Å². The third-order valence-electron chi connectivity index (χ3n) is 4.14. The van der Waals surface area contributed by atoms with E-state index in [9.17, 15) is 4.79 Å². The fourth-order valence-corrected chi connectivity index (χ4v) is 3.02. The van der Waals surface area contributed by atoms with Crippen molar-refractivity contribution in [1.29, 1.82) is 0 Å². The van der Waals surface area contributed by atoms with Crippen LogP contribution in [0.5, 0.6) is 0 Å². The van der Waals surface area contributed by atoms with E-state index in [0.29, 0.717) is 23.9 Å². The molecule has 1 aromatic heterocycles. The number of imidazole rings is 1. The summed E-state index contributed by atoms with van der Waals surface area (Å²) in [4.78, 5) is 16.1. The summed E-state index contributed by atoms with van der Waals surface area (Å²) in [5.41, 5.74) is 1.82. The van der Waals surface area contributed by atoms with Crippen molar-refractivity contribution in [1.82, 2.24) is 14.9 Å². The number of rotatable bonds is 6. The molecule has 1 N–H and O–H groups in total. The average Bonchev–Trinajstić information content (AvgIpc) is 3.24. The molecule has 6 heteroatoms. The van der Waals surface area contributed by atoms with Gasteiger partial charge in [0.15, 0.2) is 0 Å². The number of hydrogen-bond acceptors (Lipinski definition) is 3. The van der Waals surface area contributed by atoms with E-state index in [-0.39, 0.29) is 5.91 Å². The zero-order valence-electron chi connectivity index (χ0n) is 12.9. The molecule has 0 aliphatic carbocycles. The Morgan fingerprint density at radius 1 is 1.48 bits per heavy atom. The summed E-state index contributed by atoms with van der Waals surface area (Å²) in [6, 6.07) is 5.69. The van der Waals surface area contributed by atoms with Crippen molar-refractivity contribution in [3.8, 4) is 5.69 Å². The van der Waals surface area contributed by atoms with Crippen LogP contribution in [0.2, 0.25) is 5.02 Å². The third-order valence-corrected chi connectivity index (χ3v) is 4.50. The maximum Gasteiger partial charge on any atom is 0.220 e. The van der Waals surface area contributed by atoms with Gasteiger partial charge in [-0.1, -0.05) is 17.7 Å². The highest BCUT2D eigenvalue weighted by molar-refractivity contribution is 6.31. The van der Waals surface area contributed by atoms with Crippen LogP contribution < -0.4 is 5.32 Å². The Morgan fingerprint density at radius 3 is 3.13 bits per heavy atom. The zero-order valence-corrected chi connectivity index (χ0v) is 13.6. The number of nitrogens with one attached hydrogen (secondary N) is 1. The Bertz CT molecular complexity index is 652. The van der Waals surface area contributed by atoms with E-state index in [1.165, 1.54) is 0 Å². The van der Waals surface area contributed by atoms with E-state index in [4.69, 9.17) is 16.3 Å². The highest BCUT2D eigenvalue weighted by Gasteiger charge is 2.17. The molecule has 5 nitrogen and oxygen atoms in total. The minimum absolute atomic E-state index is 0.0494. The molecule has 23 heavy (non-hydrogen) atoms. The number of ether oxygens (including phenoxy) is 1. The first-order valence-electron chi connectivity index (χ1n) is 7.84. The van der Waals surface area contributed by atoms with Crippen molar-refractivity contribution in [3.05, 3.63) is 47.5 Å². The van der Waals surface area contributed by atoms with E-state index >= 15 is 0 Å². The molecule has 0 bridgehead atoms. The van der Waals surface area contributed by atoms with Crippen molar-refractivity contribution in [2.24, 2.45) is 5.92 Å². The molecule has 2 heterocycles. The van der Waals surface area contributed by atoms with E-state index < -0.39 is 0 Å². The lowest BCUT2D eigenvalue weighted by molar-refractivity contribution is -0.121. The van der Waals surface area contributed by atoms with Gasteiger partial charge in [-0.3, -0.25) is 4.79 Å². The van der Waals surface area contributed by atoms with Gasteiger partial charge in [-0.05, 0) is 30.9 Å². The lowest BCUT2D eigenvalue weighted by Crippen LogP contribution is -2.24. The number of carbonyl (C=O) groups excluding carboxylic acids is 1. The summed E-state index contributed by atoms with van der Waals surface area (Å²) in [5.74, 6) is 0.566. The summed E-state index contributed by atoms with van der Waals surface area (Å²) in [6.07, 6.45) is 7.76. The molecule has 1 aliphatic heterocycles. The van der Waals surface area contributed by atoms with Gasteiger partial charge in [0.1, 0.15) is 0 Å². The number of carbonyl (C=O) groups is 1. The quantitative estimate of drug-likeness (QED) is 0.884. The number of halogens is 1. The zero-order chi connectivity index (χ0) is 16.1. The molecule has 0 saturated carbocycles. The Kier molecular flexibility index (Phi) is 5.31. The van der Waals surface area contributed by atoms with Crippen LogP contribution in [0.4, 0.5) is 0 Å². The molecule has 1 fully saturated rings. The normalized spacial score (nSPS) is 17.3. The maximum absolute atomic E-state index is 12.1. The van der Waals surface area contributed by atoms with E-state index in [2.05, 4.69) is 10.3 Å². The number of benzene rings is 1. The Morgan fingerprint density at radius 2 is 2.39 bits per heavy atom. The summed E-state index contributed by atoms with van der Waals surface area (Å²) in [5, 5.41) is 3.61. The first-order valence-corrected chi connectivity index (χ1v) is 8.22. The first-order chi connectivity index (χ1) is 11.2. The Balaban J connectivity index is 1.60. The Hall–Kier alpha value is -1.85. The van der Waals surface area contributed by atoms with Crippen LogP contribution in [0.25, 0.3) is 5.69 Å². The third kappa shape index (κ3) is 4.12.